The SMILES string of the molecule is O=C1CC(=O)C(=Cc2ccc(-c3ccc(C(F)(F)F)cc3)o2)S1. The van der Waals surface area contributed by atoms with E-state index in [1.165, 1.54) is 18.2 Å². The average Bonchev–Trinajstić information content (AvgIpc) is 3.06. The van der Waals surface area contributed by atoms with Crippen LogP contribution in [-0.2, 0) is 15.8 Å². The molecule has 0 N–H and O–H groups in total. The van der Waals surface area contributed by atoms with Crippen LogP contribution in [0.15, 0.2) is 45.7 Å². The maximum atomic E-state index is 12.5. The summed E-state index contributed by atoms with van der Waals surface area (Å²) in [6.45, 7) is 0. The quantitative estimate of drug-likeness (QED) is 0.596. The molecule has 23 heavy (non-hydrogen) atoms. The lowest BCUT2D eigenvalue weighted by molar-refractivity contribution is -0.137. The number of ketones is 1. The molecular formula is C16H9F3O3S. The van der Waals surface area contributed by atoms with Crippen LogP contribution >= 0.6 is 11.8 Å². The molecule has 0 aliphatic carbocycles. The molecule has 2 heterocycles. The van der Waals surface area contributed by atoms with Crippen molar-refractivity contribution in [2.75, 3.05) is 0 Å². The minimum absolute atomic E-state index is 0.122. The van der Waals surface area contributed by atoms with Crippen molar-refractivity contribution < 1.29 is 27.2 Å². The molecule has 0 bridgehead atoms. The van der Waals surface area contributed by atoms with Gasteiger partial charge in [0.25, 0.3) is 0 Å². The first-order valence-electron chi connectivity index (χ1n) is 6.56. The summed E-state index contributed by atoms with van der Waals surface area (Å²) in [5.41, 5.74) is -0.245. The van der Waals surface area contributed by atoms with E-state index in [2.05, 4.69) is 0 Å². The van der Waals surface area contributed by atoms with Crippen molar-refractivity contribution in [2.24, 2.45) is 0 Å². The van der Waals surface area contributed by atoms with Crippen LogP contribution in [0.3, 0.4) is 0 Å². The van der Waals surface area contributed by atoms with Crippen molar-refractivity contribution in [3.63, 3.8) is 0 Å². The zero-order chi connectivity index (χ0) is 16.6. The predicted molar refractivity (Wildman–Crippen MR) is 79.3 cm³/mol. The number of hydrogen-bond acceptors (Lipinski definition) is 4. The molecule has 0 saturated carbocycles. The number of carbonyl (C=O) groups is 2. The van der Waals surface area contributed by atoms with Crippen LogP contribution in [0.5, 0.6) is 0 Å². The van der Waals surface area contributed by atoms with Crippen LogP contribution in [-0.4, -0.2) is 10.9 Å². The Kier molecular flexibility index (Phi) is 3.89. The number of hydrogen-bond donors (Lipinski definition) is 0. The molecule has 1 aromatic carbocycles. The second kappa shape index (κ2) is 5.73. The number of rotatable bonds is 2. The topological polar surface area (TPSA) is 47.3 Å². The average molecular weight is 338 g/mol. The Labute approximate surface area is 133 Å². The van der Waals surface area contributed by atoms with E-state index < -0.39 is 11.7 Å². The molecule has 1 saturated heterocycles. The number of furan rings is 1. The third-order valence-electron chi connectivity index (χ3n) is 3.20. The molecule has 1 aliphatic heterocycles. The number of allylic oxidation sites excluding steroid dienone is 1. The standard InChI is InChI=1S/C16H9F3O3S/c17-16(18,19)10-3-1-9(2-4-10)13-6-5-11(22-13)7-14-12(20)8-15(21)23-14/h1-7H,8H2. The fourth-order valence-electron chi connectivity index (χ4n) is 2.08. The molecule has 3 rings (SSSR count). The Morgan fingerprint density at radius 1 is 1.04 bits per heavy atom. The van der Waals surface area contributed by atoms with Crippen LogP contribution < -0.4 is 0 Å². The highest BCUT2D eigenvalue weighted by atomic mass is 32.2. The van der Waals surface area contributed by atoms with Gasteiger partial charge in [-0.25, -0.2) is 0 Å². The highest BCUT2D eigenvalue weighted by molar-refractivity contribution is 8.18. The maximum absolute atomic E-state index is 12.5. The van der Waals surface area contributed by atoms with Gasteiger partial charge in [0.15, 0.2) is 5.78 Å². The molecule has 7 heteroatoms. The summed E-state index contributed by atoms with van der Waals surface area (Å²) >= 11 is 0.866. The van der Waals surface area contributed by atoms with E-state index in [1.807, 2.05) is 0 Å². The fourth-order valence-corrected chi connectivity index (χ4v) is 2.89. The summed E-state index contributed by atoms with van der Waals surface area (Å²) in [6.07, 6.45) is -3.04. The van der Waals surface area contributed by atoms with Crippen LogP contribution in [0, 0.1) is 0 Å². The summed E-state index contributed by atoms with van der Waals surface area (Å²) in [6, 6.07) is 7.78. The number of benzene rings is 1. The van der Waals surface area contributed by atoms with Gasteiger partial charge in [0.2, 0.25) is 5.12 Å². The lowest BCUT2D eigenvalue weighted by Gasteiger charge is -2.06. The normalized spacial score (nSPS) is 17.3. The summed E-state index contributed by atoms with van der Waals surface area (Å²) in [5.74, 6) is 0.491. The van der Waals surface area contributed by atoms with Crippen molar-refractivity contribution >= 4 is 28.7 Å². The summed E-state index contributed by atoms with van der Waals surface area (Å²) in [7, 11) is 0. The molecule has 118 valence electrons. The number of Topliss-reactive ketones (excluding diaryl/α,β-unsaturated/α-hetero) is 1. The van der Waals surface area contributed by atoms with E-state index >= 15 is 0 Å². The first-order valence-corrected chi connectivity index (χ1v) is 7.37. The van der Waals surface area contributed by atoms with Crippen LogP contribution in [0.4, 0.5) is 13.2 Å². The molecule has 0 amide bonds. The highest BCUT2D eigenvalue weighted by Gasteiger charge is 2.30. The van der Waals surface area contributed by atoms with Gasteiger partial charge in [-0.15, -0.1) is 0 Å². The van der Waals surface area contributed by atoms with Gasteiger partial charge in [0.1, 0.15) is 11.5 Å². The molecule has 1 aromatic heterocycles. The van der Waals surface area contributed by atoms with Gasteiger partial charge in [0.05, 0.1) is 16.9 Å². The zero-order valence-electron chi connectivity index (χ0n) is 11.5. The first kappa shape index (κ1) is 15.6. The smallest absolute Gasteiger partial charge is 0.416 e. The van der Waals surface area contributed by atoms with E-state index in [0.29, 0.717) is 22.0 Å². The van der Waals surface area contributed by atoms with Gasteiger partial charge in [0, 0.05) is 5.56 Å². The molecule has 3 nitrogen and oxygen atoms in total. The first-order chi connectivity index (χ1) is 10.8. The van der Waals surface area contributed by atoms with Gasteiger partial charge in [-0.2, -0.15) is 13.2 Å². The molecule has 0 spiro atoms. The van der Waals surface area contributed by atoms with Gasteiger partial charge >= 0.3 is 6.18 Å². The number of carbonyl (C=O) groups excluding carboxylic acids is 2. The summed E-state index contributed by atoms with van der Waals surface area (Å²) in [4.78, 5) is 23.0. The number of alkyl halides is 3. The fraction of sp³-hybridized carbons (Fsp3) is 0.125. The third kappa shape index (κ3) is 3.39. The van der Waals surface area contributed by atoms with Crippen molar-refractivity contribution in [3.05, 3.63) is 52.6 Å². The molecule has 0 atom stereocenters. The van der Waals surface area contributed by atoms with Crippen LogP contribution in [0.2, 0.25) is 0 Å². The van der Waals surface area contributed by atoms with Gasteiger partial charge in [-0.3, -0.25) is 9.59 Å². The van der Waals surface area contributed by atoms with Crippen molar-refractivity contribution in [1.29, 1.82) is 0 Å². The van der Waals surface area contributed by atoms with E-state index in [4.69, 9.17) is 4.42 Å². The molecule has 1 aliphatic rings. The number of thioether (sulfide) groups is 1. The van der Waals surface area contributed by atoms with Crippen molar-refractivity contribution in [3.8, 4) is 11.3 Å². The second-order valence-corrected chi connectivity index (χ2v) is 5.96. The predicted octanol–water partition coefficient (Wildman–Crippen LogP) is 4.54. The number of halogens is 3. The highest BCUT2D eigenvalue weighted by Crippen LogP contribution is 2.33. The monoisotopic (exact) mass is 338 g/mol. The zero-order valence-corrected chi connectivity index (χ0v) is 12.3. The van der Waals surface area contributed by atoms with E-state index in [9.17, 15) is 22.8 Å². The largest absolute Gasteiger partial charge is 0.457 e. The molecular weight excluding hydrogens is 329 g/mol. The lowest BCUT2D eigenvalue weighted by atomic mass is 10.1. The Bertz CT molecular complexity index is 801. The van der Waals surface area contributed by atoms with E-state index in [1.54, 1.807) is 12.1 Å². The molecule has 0 radical (unpaired) electrons. The minimum atomic E-state index is -4.39. The Hall–Kier alpha value is -2.28. The third-order valence-corrected chi connectivity index (χ3v) is 4.14. The second-order valence-electron chi connectivity index (χ2n) is 4.86. The van der Waals surface area contributed by atoms with E-state index in [0.717, 1.165) is 23.9 Å². The molecule has 0 unspecified atom stereocenters. The Morgan fingerprint density at radius 3 is 2.30 bits per heavy atom. The van der Waals surface area contributed by atoms with Crippen LogP contribution in [0.25, 0.3) is 17.4 Å². The minimum Gasteiger partial charge on any atom is -0.457 e. The van der Waals surface area contributed by atoms with Gasteiger partial charge in [-0.05, 0) is 42.1 Å². The van der Waals surface area contributed by atoms with Crippen LogP contribution in [0.1, 0.15) is 17.7 Å². The Morgan fingerprint density at radius 2 is 1.74 bits per heavy atom. The van der Waals surface area contributed by atoms with Crippen molar-refractivity contribution in [2.45, 2.75) is 12.6 Å². The Balaban J connectivity index is 1.84. The molecule has 2 aromatic rings. The van der Waals surface area contributed by atoms with Crippen molar-refractivity contribution in [1.82, 2.24) is 0 Å². The molecule has 1 fully saturated rings. The summed E-state index contributed by atoms with van der Waals surface area (Å²) < 4.78 is 43.1. The maximum Gasteiger partial charge on any atom is 0.416 e. The lowest BCUT2D eigenvalue weighted by Crippen LogP contribution is -2.03. The van der Waals surface area contributed by atoms with Gasteiger partial charge in [-0.1, -0.05) is 12.1 Å². The van der Waals surface area contributed by atoms with Gasteiger partial charge < -0.3 is 4.42 Å². The van der Waals surface area contributed by atoms with E-state index in [-0.39, 0.29) is 17.3 Å². The summed E-state index contributed by atoms with van der Waals surface area (Å²) in [5, 5.41) is -0.212.